The van der Waals surface area contributed by atoms with E-state index in [-0.39, 0.29) is 11.7 Å². The molecule has 0 saturated carbocycles. The van der Waals surface area contributed by atoms with Gasteiger partial charge in [-0.05, 0) is 37.5 Å². The van der Waals surface area contributed by atoms with Gasteiger partial charge in [-0.1, -0.05) is 12.1 Å². The molecule has 2 aromatic rings. The number of hydrogen-bond donors (Lipinski definition) is 2. The second-order valence-corrected chi connectivity index (χ2v) is 7.68. The molecule has 2 heterocycles. The Kier molecular flexibility index (Phi) is 6.18. The van der Waals surface area contributed by atoms with E-state index >= 15 is 0 Å². The number of rotatable bonds is 6. The first-order chi connectivity index (χ1) is 12.9. The van der Waals surface area contributed by atoms with E-state index in [0.29, 0.717) is 36.6 Å². The van der Waals surface area contributed by atoms with Gasteiger partial charge in [0.15, 0.2) is 0 Å². The standard InChI is InChI=1S/C19H21FN2O4S/c1-11-17(27-15(21-11)9-12-4-6-14(20)7-5-12)18(23)22-16(19(24)25)13-3-2-8-26-10-13/h4-7,13,16H,2-3,8-10H2,1H3,(H,22,23)(H,24,25). The van der Waals surface area contributed by atoms with E-state index in [1.165, 1.54) is 23.5 Å². The molecule has 2 atom stereocenters. The summed E-state index contributed by atoms with van der Waals surface area (Å²) in [7, 11) is 0. The number of amides is 1. The summed E-state index contributed by atoms with van der Waals surface area (Å²) in [5.74, 6) is -2.05. The van der Waals surface area contributed by atoms with E-state index in [0.717, 1.165) is 17.0 Å². The first kappa shape index (κ1) is 19.4. The van der Waals surface area contributed by atoms with E-state index in [4.69, 9.17) is 4.74 Å². The number of carbonyl (C=O) groups is 2. The van der Waals surface area contributed by atoms with Gasteiger partial charge in [0.2, 0.25) is 0 Å². The molecule has 8 heteroatoms. The van der Waals surface area contributed by atoms with E-state index < -0.39 is 17.9 Å². The Morgan fingerprint density at radius 1 is 1.41 bits per heavy atom. The molecule has 1 aromatic carbocycles. The first-order valence-electron chi connectivity index (χ1n) is 8.76. The zero-order valence-electron chi connectivity index (χ0n) is 14.9. The van der Waals surface area contributed by atoms with Gasteiger partial charge in [-0.2, -0.15) is 0 Å². The minimum atomic E-state index is -1.06. The highest BCUT2D eigenvalue weighted by Gasteiger charge is 2.32. The summed E-state index contributed by atoms with van der Waals surface area (Å²) < 4.78 is 18.4. The Bertz CT molecular complexity index is 816. The van der Waals surface area contributed by atoms with Crippen molar-refractivity contribution in [3.63, 3.8) is 0 Å². The predicted octanol–water partition coefficient (Wildman–Crippen LogP) is 2.79. The van der Waals surface area contributed by atoms with E-state index in [1.54, 1.807) is 19.1 Å². The largest absolute Gasteiger partial charge is 0.480 e. The summed E-state index contributed by atoms with van der Waals surface area (Å²) in [6.45, 7) is 2.67. The number of hydrogen-bond acceptors (Lipinski definition) is 5. The number of carboxylic acid groups (broad SMARTS) is 1. The van der Waals surface area contributed by atoms with E-state index in [2.05, 4.69) is 10.3 Å². The van der Waals surface area contributed by atoms with E-state index in [9.17, 15) is 19.1 Å². The second kappa shape index (κ2) is 8.58. The zero-order chi connectivity index (χ0) is 19.4. The number of aliphatic carboxylic acids is 1. The number of ether oxygens (including phenoxy) is 1. The number of benzene rings is 1. The summed E-state index contributed by atoms with van der Waals surface area (Å²) in [6, 6.07) is 5.13. The van der Waals surface area contributed by atoms with Crippen molar-refractivity contribution in [2.75, 3.05) is 13.2 Å². The molecule has 27 heavy (non-hydrogen) atoms. The van der Waals surface area contributed by atoms with Crippen molar-refractivity contribution in [1.29, 1.82) is 0 Å². The quantitative estimate of drug-likeness (QED) is 0.789. The highest BCUT2D eigenvalue weighted by Crippen LogP contribution is 2.23. The van der Waals surface area contributed by atoms with Crippen molar-refractivity contribution in [2.24, 2.45) is 5.92 Å². The van der Waals surface area contributed by atoms with E-state index in [1.807, 2.05) is 0 Å². The van der Waals surface area contributed by atoms with Gasteiger partial charge in [-0.3, -0.25) is 4.79 Å². The monoisotopic (exact) mass is 392 g/mol. The van der Waals surface area contributed by atoms with Crippen LogP contribution in [0.2, 0.25) is 0 Å². The van der Waals surface area contributed by atoms with Gasteiger partial charge in [0.05, 0.1) is 17.3 Å². The molecule has 1 aliphatic heterocycles. The van der Waals surface area contributed by atoms with Crippen LogP contribution in [0.25, 0.3) is 0 Å². The van der Waals surface area contributed by atoms with Crippen molar-refractivity contribution in [3.8, 4) is 0 Å². The number of halogens is 1. The van der Waals surface area contributed by atoms with Crippen LogP contribution in [0.5, 0.6) is 0 Å². The van der Waals surface area contributed by atoms with Crippen molar-refractivity contribution >= 4 is 23.2 Å². The summed E-state index contributed by atoms with van der Waals surface area (Å²) in [4.78, 5) is 29.1. The lowest BCUT2D eigenvalue weighted by Crippen LogP contribution is -2.48. The molecular weight excluding hydrogens is 371 g/mol. The van der Waals surface area contributed by atoms with Gasteiger partial charge in [-0.15, -0.1) is 11.3 Å². The van der Waals surface area contributed by atoms with Crippen LogP contribution in [0, 0.1) is 18.7 Å². The lowest BCUT2D eigenvalue weighted by molar-refractivity contribution is -0.142. The highest BCUT2D eigenvalue weighted by molar-refractivity contribution is 7.13. The van der Waals surface area contributed by atoms with Crippen LogP contribution in [0.1, 0.15) is 38.8 Å². The van der Waals surface area contributed by atoms with Crippen molar-refractivity contribution < 1.29 is 23.8 Å². The third kappa shape index (κ3) is 4.90. The number of aryl methyl sites for hydroxylation is 1. The number of carbonyl (C=O) groups excluding carboxylic acids is 1. The summed E-state index contributed by atoms with van der Waals surface area (Å²) in [5, 5.41) is 12.8. The van der Waals surface area contributed by atoms with Crippen molar-refractivity contribution in [2.45, 2.75) is 32.2 Å². The third-order valence-corrected chi connectivity index (χ3v) is 5.69. The first-order valence-corrected chi connectivity index (χ1v) is 9.58. The molecule has 6 nitrogen and oxygen atoms in total. The second-order valence-electron chi connectivity index (χ2n) is 6.59. The molecule has 1 saturated heterocycles. The number of nitrogens with one attached hydrogen (secondary N) is 1. The molecule has 0 bridgehead atoms. The Labute approximate surface area is 160 Å². The summed E-state index contributed by atoms with van der Waals surface area (Å²) in [6.07, 6.45) is 1.97. The minimum absolute atomic E-state index is 0.243. The fraction of sp³-hybridized carbons (Fsp3) is 0.421. The van der Waals surface area contributed by atoms with Crippen LogP contribution in [0.3, 0.4) is 0 Å². The van der Waals surface area contributed by atoms with Crippen LogP contribution in [0.4, 0.5) is 4.39 Å². The Morgan fingerprint density at radius 2 is 2.15 bits per heavy atom. The molecule has 0 aliphatic carbocycles. The van der Waals surface area contributed by atoms with Crippen LogP contribution in [0.15, 0.2) is 24.3 Å². The molecular formula is C19H21FN2O4S. The maximum atomic E-state index is 13.0. The van der Waals surface area contributed by atoms with Gasteiger partial charge < -0.3 is 15.2 Å². The average Bonchev–Trinajstić information content (AvgIpc) is 3.02. The van der Waals surface area contributed by atoms with Gasteiger partial charge in [0.25, 0.3) is 5.91 Å². The molecule has 1 aliphatic rings. The summed E-state index contributed by atoms with van der Waals surface area (Å²) >= 11 is 1.23. The number of nitrogens with zero attached hydrogens (tertiary/aromatic N) is 1. The SMILES string of the molecule is Cc1nc(Cc2ccc(F)cc2)sc1C(=O)NC(C(=O)O)C1CCCOC1. The maximum Gasteiger partial charge on any atom is 0.326 e. The average molecular weight is 392 g/mol. The topological polar surface area (TPSA) is 88.5 Å². The zero-order valence-corrected chi connectivity index (χ0v) is 15.7. The predicted molar refractivity (Wildman–Crippen MR) is 98.5 cm³/mol. The van der Waals surface area contributed by atoms with Gasteiger partial charge in [0.1, 0.15) is 16.7 Å². The minimum Gasteiger partial charge on any atom is -0.480 e. The molecule has 1 amide bonds. The number of thiazole rings is 1. The van der Waals surface area contributed by atoms with Gasteiger partial charge in [-0.25, -0.2) is 14.2 Å². The number of aromatic nitrogens is 1. The summed E-state index contributed by atoms with van der Waals surface area (Å²) in [5.41, 5.74) is 1.44. The molecule has 0 spiro atoms. The Hall–Kier alpha value is -2.32. The molecule has 3 rings (SSSR count). The highest BCUT2D eigenvalue weighted by atomic mass is 32.1. The molecule has 1 fully saturated rings. The smallest absolute Gasteiger partial charge is 0.326 e. The van der Waals surface area contributed by atoms with Crippen LogP contribution < -0.4 is 5.32 Å². The number of carboxylic acids is 1. The molecule has 1 aromatic heterocycles. The normalized spacial score (nSPS) is 18.1. The molecule has 0 radical (unpaired) electrons. The van der Waals surface area contributed by atoms with Crippen LogP contribution >= 0.6 is 11.3 Å². The fourth-order valence-electron chi connectivity index (χ4n) is 3.13. The van der Waals surface area contributed by atoms with Gasteiger partial charge >= 0.3 is 5.97 Å². The molecule has 2 N–H and O–H groups in total. The fourth-order valence-corrected chi connectivity index (χ4v) is 4.13. The third-order valence-electron chi connectivity index (χ3n) is 4.54. The maximum absolute atomic E-state index is 13.0. The van der Waals surface area contributed by atoms with Crippen molar-refractivity contribution in [3.05, 3.63) is 51.2 Å². The Morgan fingerprint density at radius 3 is 2.78 bits per heavy atom. The Balaban J connectivity index is 1.71. The van der Waals surface area contributed by atoms with Gasteiger partial charge in [0, 0.05) is 18.9 Å². The van der Waals surface area contributed by atoms with Crippen LogP contribution in [-0.2, 0) is 16.0 Å². The lowest BCUT2D eigenvalue weighted by Gasteiger charge is -2.27. The van der Waals surface area contributed by atoms with Crippen molar-refractivity contribution in [1.82, 2.24) is 10.3 Å². The lowest BCUT2D eigenvalue weighted by atomic mass is 9.93. The molecule has 144 valence electrons. The molecule has 2 unspecified atom stereocenters. The van der Waals surface area contributed by atoms with Crippen LogP contribution in [-0.4, -0.2) is 41.2 Å².